The summed E-state index contributed by atoms with van der Waals surface area (Å²) in [5, 5.41) is 3.01. The van der Waals surface area contributed by atoms with Gasteiger partial charge in [0.2, 0.25) is 5.91 Å². The molecule has 7 nitrogen and oxygen atoms in total. The number of aromatic nitrogens is 1. The number of nitrogens with one attached hydrogen (secondary N) is 2. The second-order valence-electron chi connectivity index (χ2n) is 7.79. The molecule has 0 aliphatic carbocycles. The highest BCUT2D eigenvalue weighted by atomic mass is 19.1. The summed E-state index contributed by atoms with van der Waals surface area (Å²) < 4.78 is 33.2. The van der Waals surface area contributed by atoms with Crippen LogP contribution in [0.1, 0.15) is 16.1 Å². The van der Waals surface area contributed by atoms with Gasteiger partial charge in [0, 0.05) is 50.0 Å². The van der Waals surface area contributed by atoms with Crippen molar-refractivity contribution in [2.75, 3.05) is 50.1 Å². The molecule has 0 spiro atoms. The predicted octanol–water partition coefficient (Wildman–Crippen LogP) is 3.30. The number of benzene rings is 2. The third-order valence-electron chi connectivity index (χ3n) is 5.60. The van der Waals surface area contributed by atoms with Crippen molar-refractivity contribution < 1.29 is 23.1 Å². The van der Waals surface area contributed by atoms with Crippen molar-refractivity contribution in [2.24, 2.45) is 0 Å². The number of anilines is 2. The number of amides is 2. The van der Waals surface area contributed by atoms with E-state index in [1.165, 1.54) is 31.4 Å². The maximum atomic E-state index is 14.3. The maximum absolute atomic E-state index is 14.3. The first kappa shape index (κ1) is 21.8. The van der Waals surface area contributed by atoms with E-state index in [9.17, 15) is 18.4 Å². The molecule has 0 unspecified atom stereocenters. The van der Waals surface area contributed by atoms with Gasteiger partial charge in [0.05, 0.1) is 5.52 Å². The molecule has 1 fully saturated rings. The summed E-state index contributed by atoms with van der Waals surface area (Å²) in [6, 6.07) is 8.75. The van der Waals surface area contributed by atoms with Gasteiger partial charge in [-0.2, -0.15) is 0 Å². The van der Waals surface area contributed by atoms with E-state index in [2.05, 4.69) is 10.3 Å². The lowest BCUT2D eigenvalue weighted by Gasteiger charge is -2.36. The zero-order valence-electron chi connectivity index (χ0n) is 17.9. The summed E-state index contributed by atoms with van der Waals surface area (Å²) in [7, 11) is 1.48. The molecule has 1 saturated heterocycles. The van der Waals surface area contributed by atoms with Crippen LogP contribution in [0, 0.1) is 18.6 Å². The number of H-pyrrole nitrogens is 1. The van der Waals surface area contributed by atoms with Crippen molar-refractivity contribution in [1.29, 1.82) is 0 Å². The molecule has 0 bridgehead atoms. The summed E-state index contributed by atoms with van der Waals surface area (Å²) in [5.74, 6) is -1.48. The van der Waals surface area contributed by atoms with Crippen molar-refractivity contribution in [3.8, 4) is 0 Å². The number of halogens is 2. The van der Waals surface area contributed by atoms with Crippen LogP contribution in [0.25, 0.3) is 10.9 Å². The Bertz CT molecular complexity index is 1130. The van der Waals surface area contributed by atoms with E-state index in [4.69, 9.17) is 4.74 Å². The summed E-state index contributed by atoms with van der Waals surface area (Å²) in [6.45, 7) is 3.93. The second kappa shape index (κ2) is 8.96. The van der Waals surface area contributed by atoms with Crippen LogP contribution in [0.3, 0.4) is 0 Å². The Morgan fingerprint density at radius 3 is 2.53 bits per heavy atom. The lowest BCUT2D eigenvalue weighted by Crippen LogP contribution is -2.49. The van der Waals surface area contributed by atoms with E-state index in [-0.39, 0.29) is 18.2 Å². The Kier molecular flexibility index (Phi) is 6.09. The molecule has 1 aliphatic heterocycles. The van der Waals surface area contributed by atoms with E-state index in [1.807, 2.05) is 11.8 Å². The Morgan fingerprint density at radius 1 is 1.09 bits per heavy atom. The number of rotatable bonds is 5. The van der Waals surface area contributed by atoms with E-state index in [0.29, 0.717) is 48.5 Å². The van der Waals surface area contributed by atoms with Gasteiger partial charge in [-0.1, -0.05) is 6.07 Å². The van der Waals surface area contributed by atoms with Crippen LogP contribution < -0.4 is 10.2 Å². The number of carbonyl (C=O) groups is 2. The minimum Gasteiger partial charge on any atom is -0.375 e. The fourth-order valence-electron chi connectivity index (χ4n) is 3.90. The van der Waals surface area contributed by atoms with E-state index in [0.717, 1.165) is 5.56 Å². The number of aryl methyl sites for hydroxylation is 1. The molecule has 9 heteroatoms. The highest BCUT2D eigenvalue weighted by Gasteiger charge is 2.22. The number of aromatic amines is 1. The van der Waals surface area contributed by atoms with E-state index < -0.39 is 17.5 Å². The Balaban J connectivity index is 1.49. The first-order chi connectivity index (χ1) is 15.4. The van der Waals surface area contributed by atoms with Crippen LogP contribution >= 0.6 is 0 Å². The van der Waals surface area contributed by atoms with Gasteiger partial charge in [0.1, 0.15) is 23.9 Å². The van der Waals surface area contributed by atoms with Crippen molar-refractivity contribution >= 4 is 34.1 Å². The maximum Gasteiger partial charge on any atom is 0.272 e. The van der Waals surface area contributed by atoms with Crippen molar-refractivity contribution in [2.45, 2.75) is 6.92 Å². The number of carbonyl (C=O) groups excluding carboxylic acids is 2. The van der Waals surface area contributed by atoms with Gasteiger partial charge in [-0.3, -0.25) is 9.59 Å². The molecule has 2 aromatic carbocycles. The molecule has 1 aromatic heterocycles. The molecule has 2 amide bonds. The highest BCUT2D eigenvalue weighted by molar-refractivity contribution is 6.06. The average Bonchev–Trinajstić information content (AvgIpc) is 3.23. The highest BCUT2D eigenvalue weighted by Crippen LogP contribution is 2.25. The molecule has 2 heterocycles. The zero-order valence-corrected chi connectivity index (χ0v) is 17.9. The summed E-state index contributed by atoms with van der Waals surface area (Å²) in [5.41, 5.74) is 2.45. The lowest BCUT2D eigenvalue weighted by atomic mass is 10.1. The molecule has 0 saturated carbocycles. The summed E-state index contributed by atoms with van der Waals surface area (Å²) in [4.78, 5) is 31.3. The molecule has 0 radical (unpaired) electrons. The molecule has 4 rings (SSSR count). The number of nitrogens with zero attached hydrogens (tertiary/aromatic N) is 2. The largest absolute Gasteiger partial charge is 0.375 e. The third kappa shape index (κ3) is 4.43. The number of ether oxygens (including phenoxy) is 1. The van der Waals surface area contributed by atoms with Crippen LogP contribution in [0.4, 0.5) is 20.2 Å². The first-order valence-electron chi connectivity index (χ1n) is 10.3. The average molecular weight is 442 g/mol. The zero-order chi connectivity index (χ0) is 22.8. The SMILES string of the molecule is COCC(=O)N1CCN(c2cc(F)cc(NC(=O)c3cc4c(F)ccc(C)c4[nH]3)c2)CC1. The molecule has 168 valence electrons. The normalized spacial score (nSPS) is 14.1. The molecular formula is C23H24F2N4O3. The predicted molar refractivity (Wildman–Crippen MR) is 118 cm³/mol. The monoisotopic (exact) mass is 442 g/mol. The van der Waals surface area contributed by atoms with Crippen molar-refractivity contribution in [3.05, 3.63) is 59.3 Å². The number of hydrogen-bond acceptors (Lipinski definition) is 4. The van der Waals surface area contributed by atoms with Gasteiger partial charge in [-0.05, 0) is 42.8 Å². The molecule has 0 atom stereocenters. The van der Waals surface area contributed by atoms with Gasteiger partial charge in [0.25, 0.3) is 5.91 Å². The standard InChI is InChI=1S/C23H24F2N4O3/c1-14-3-4-19(25)18-12-20(27-22(14)18)23(31)26-16-9-15(24)10-17(11-16)28-5-7-29(8-6-28)21(30)13-32-2/h3-4,9-12,27H,5-8,13H2,1-2H3,(H,26,31). The van der Waals surface area contributed by atoms with Gasteiger partial charge in [0.15, 0.2) is 0 Å². The van der Waals surface area contributed by atoms with Crippen LogP contribution in [0.2, 0.25) is 0 Å². The summed E-state index contributed by atoms with van der Waals surface area (Å²) in [6.07, 6.45) is 0. The van der Waals surface area contributed by atoms with Crippen molar-refractivity contribution in [1.82, 2.24) is 9.88 Å². The van der Waals surface area contributed by atoms with Crippen molar-refractivity contribution in [3.63, 3.8) is 0 Å². The second-order valence-corrected chi connectivity index (χ2v) is 7.79. The van der Waals surface area contributed by atoms with Crippen LogP contribution in [0.5, 0.6) is 0 Å². The smallest absolute Gasteiger partial charge is 0.272 e. The molecule has 1 aliphatic rings. The number of fused-ring (bicyclic) bond motifs is 1. The summed E-state index contributed by atoms with van der Waals surface area (Å²) >= 11 is 0. The third-order valence-corrected chi connectivity index (χ3v) is 5.60. The Morgan fingerprint density at radius 2 is 1.84 bits per heavy atom. The van der Waals surface area contributed by atoms with Crippen LogP contribution in [0.15, 0.2) is 36.4 Å². The van der Waals surface area contributed by atoms with Crippen LogP contribution in [-0.2, 0) is 9.53 Å². The van der Waals surface area contributed by atoms with Crippen LogP contribution in [-0.4, -0.2) is 61.6 Å². The molecule has 2 N–H and O–H groups in total. The number of piperazine rings is 1. The van der Waals surface area contributed by atoms with Gasteiger partial charge < -0.3 is 24.8 Å². The fourth-order valence-corrected chi connectivity index (χ4v) is 3.90. The quantitative estimate of drug-likeness (QED) is 0.636. The fraction of sp³-hybridized carbons (Fsp3) is 0.304. The van der Waals surface area contributed by atoms with E-state index in [1.54, 1.807) is 17.0 Å². The molecule has 3 aromatic rings. The minimum atomic E-state index is -0.494. The molecule has 32 heavy (non-hydrogen) atoms. The Hall–Kier alpha value is -3.46. The Labute approximate surface area is 183 Å². The van der Waals surface area contributed by atoms with Gasteiger partial charge in [-0.25, -0.2) is 8.78 Å². The minimum absolute atomic E-state index is 0.0350. The number of hydrogen-bond donors (Lipinski definition) is 2. The van der Waals surface area contributed by atoms with Gasteiger partial charge in [-0.15, -0.1) is 0 Å². The van der Waals surface area contributed by atoms with E-state index >= 15 is 0 Å². The number of methoxy groups -OCH3 is 1. The van der Waals surface area contributed by atoms with Gasteiger partial charge >= 0.3 is 0 Å². The lowest BCUT2D eigenvalue weighted by molar-refractivity contribution is -0.135. The first-order valence-corrected chi connectivity index (χ1v) is 10.3. The molecular weight excluding hydrogens is 418 g/mol. The topological polar surface area (TPSA) is 77.7 Å².